The minimum absolute atomic E-state index is 0.210. The van der Waals surface area contributed by atoms with Gasteiger partial charge in [0.1, 0.15) is 5.69 Å². The maximum Gasteiger partial charge on any atom is 0.272 e. The Kier molecular flexibility index (Phi) is 5.40. The monoisotopic (exact) mass is 423 g/mol. The molecule has 0 unspecified atom stereocenters. The van der Waals surface area contributed by atoms with Crippen LogP contribution in [0.1, 0.15) is 21.6 Å². The molecule has 0 saturated carbocycles. The van der Waals surface area contributed by atoms with Crippen molar-refractivity contribution in [2.24, 2.45) is 0 Å². The molecule has 0 aromatic carbocycles. The van der Waals surface area contributed by atoms with E-state index in [1.807, 2.05) is 70.0 Å². The molecule has 5 rings (SSSR count). The van der Waals surface area contributed by atoms with E-state index in [2.05, 4.69) is 25.3 Å². The van der Waals surface area contributed by atoms with E-state index in [4.69, 9.17) is 0 Å². The van der Waals surface area contributed by atoms with Gasteiger partial charge in [-0.2, -0.15) is 0 Å². The van der Waals surface area contributed by atoms with Gasteiger partial charge in [-0.15, -0.1) is 0 Å². The quantitative estimate of drug-likeness (QED) is 0.435. The van der Waals surface area contributed by atoms with Crippen LogP contribution in [-0.2, 0) is 13.0 Å². The highest BCUT2D eigenvalue weighted by atomic mass is 16.1. The van der Waals surface area contributed by atoms with E-state index in [0.29, 0.717) is 36.7 Å². The van der Waals surface area contributed by atoms with Gasteiger partial charge in [0.05, 0.1) is 18.4 Å². The molecule has 0 aliphatic carbocycles. The van der Waals surface area contributed by atoms with E-state index in [1.54, 1.807) is 24.9 Å². The van der Waals surface area contributed by atoms with Gasteiger partial charge >= 0.3 is 0 Å². The fourth-order valence-corrected chi connectivity index (χ4v) is 3.60. The maximum absolute atomic E-state index is 12.9. The topological polar surface area (TPSA) is 90.0 Å². The van der Waals surface area contributed by atoms with Crippen molar-refractivity contribution in [1.82, 2.24) is 34.2 Å². The first-order valence-electron chi connectivity index (χ1n) is 10.3. The molecular formula is C24H21N7O. The summed E-state index contributed by atoms with van der Waals surface area (Å²) in [4.78, 5) is 30.3. The molecule has 32 heavy (non-hydrogen) atoms. The highest BCUT2D eigenvalue weighted by Crippen LogP contribution is 2.22. The van der Waals surface area contributed by atoms with Crippen molar-refractivity contribution in [2.45, 2.75) is 13.0 Å². The third-order valence-electron chi connectivity index (χ3n) is 5.14. The molecule has 0 bridgehead atoms. The molecule has 5 heterocycles. The smallest absolute Gasteiger partial charge is 0.272 e. The van der Waals surface area contributed by atoms with Crippen LogP contribution in [0.3, 0.4) is 0 Å². The number of hydrogen-bond acceptors (Lipinski definition) is 5. The highest BCUT2D eigenvalue weighted by Gasteiger charge is 2.19. The zero-order chi connectivity index (χ0) is 21.8. The normalized spacial score (nSPS) is 11.0. The van der Waals surface area contributed by atoms with Gasteiger partial charge in [0, 0.05) is 43.7 Å². The Hall–Kier alpha value is -4.33. The number of carbonyl (C=O) groups is 1. The highest BCUT2D eigenvalue weighted by molar-refractivity contribution is 5.99. The molecule has 158 valence electrons. The summed E-state index contributed by atoms with van der Waals surface area (Å²) in [5, 5.41) is 2.97. The zero-order valence-corrected chi connectivity index (χ0v) is 17.3. The molecule has 0 aliphatic rings. The summed E-state index contributed by atoms with van der Waals surface area (Å²) in [6.07, 6.45) is 13.4. The first-order valence-corrected chi connectivity index (χ1v) is 10.3. The average molecular weight is 423 g/mol. The van der Waals surface area contributed by atoms with E-state index in [9.17, 15) is 4.79 Å². The molecule has 5 aromatic rings. The Morgan fingerprint density at radius 1 is 0.969 bits per heavy atom. The van der Waals surface area contributed by atoms with Gasteiger partial charge in [0.2, 0.25) is 0 Å². The Labute approximate surface area is 184 Å². The lowest BCUT2D eigenvalue weighted by Crippen LogP contribution is -2.26. The number of carbonyl (C=O) groups excluding carboxylic acids is 1. The van der Waals surface area contributed by atoms with Gasteiger partial charge in [-0.3, -0.25) is 19.2 Å². The molecule has 1 amide bonds. The molecule has 0 saturated heterocycles. The molecule has 8 nitrogen and oxygen atoms in total. The maximum atomic E-state index is 12.9. The molecule has 1 N–H and O–H groups in total. The van der Waals surface area contributed by atoms with Crippen molar-refractivity contribution in [1.29, 1.82) is 0 Å². The SMILES string of the molecule is O=C(NCCc1cccnc1)c1nc(-c2cn(Cc3cccnc3)cn2)n2ccccc12. The van der Waals surface area contributed by atoms with Crippen LogP contribution in [0.25, 0.3) is 17.0 Å². The van der Waals surface area contributed by atoms with Crippen LogP contribution in [-0.4, -0.2) is 41.4 Å². The molecule has 0 atom stereocenters. The fraction of sp³-hybridized carbons (Fsp3) is 0.125. The summed E-state index contributed by atoms with van der Waals surface area (Å²) >= 11 is 0. The summed E-state index contributed by atoms with van der Waals surface area (Å²) in [7, 11) is 0. The Morgan fingerprint density at radius 2 is 1.78 bits per heavy atom. The van der Waals surface area contributed by atoms with E-state index < -0.39 is 0 Å². The van der Waals surface area contributed by atoms with Gasteiger partial charge < -0.3 is 9.88 Å². The van der Waals surface area contributed by atoms with Crippen LogP contribution in [0.5, 0.6) is 0 Å². The number of nitrogens with one attached hydrogen (secondary N) is 1. The lowest BCUT2D eigenvalue weighted by Gasteiger charge is -2.03. The second kappa shape index (κ2) is 8.81. The first-order chi connectivity index (χ1) is 15.8. The Morgan fingerprint density at radius 3 is 2.56 bits per heavy atom. The van der Waals surface area contributed by atoms with Gasteiger partial charge in [-0.1, -0.05) is 18.2 Å². The van der Waals surface area contributed by atoms with Crippen LogP contribution >= 0.6 is 0 Å². The Balaban J connectivity index is 1.37. The summed E-state index contributed by atoms with van der Waals surface area (Å²) in [5.41, 5.74) is 3.97. The summed E-state index contributed by atoms with van der Waals surface area (Å²) in [5.74, 6) is 0.418. The number of rotatable bonds is 7. The number of imidazole rings is 2. The second-order valence-corrected chi connectivity index (χ2v) is 7.40. The third kappa shape index (κ3) is 4.11. The zero-order valence-electron chi connectivity index (χ0n) is 17.3. The van der Waals surface area contributed by atoms with Gasteiger partial charge in [-0.05, 0) is 41.8 Å². The number of hydrogen-bond donors (Lipinski definition) is 1. The number of fused-ring (bicyclic) bond motifs is 1. The molecule has 8 heteroatoms. The molecular weight excluding hydrogens is 402 g/mol. The summed E-state index contributed by atoms with van der Waals surface area (Å²) < 4.78 is 3.87. The van der Waals surface area contributed by atoms with Crippen molar-refractivity contribution in [2.75, 3.05) is 6.54 Å². The molecule has 5 aromatic heterocycles. The van der Waals surface area contributed by atoms with E-state index >= 15 is 0 Å². The van der Waals surface area contributed by atoms with Crippen LogP contribution in [0.15, 0.2) is 86.0 Å². The minimum atomic E-state index is -0.210. The van der Waals surface area contributed by atoms with Crippen LogP contribution in [0.2, 0.25) is 0 Å². The largest absolute Gasteiger partial charge is 0.350 e. The number of pyridine rings is 3. The lowest BCUT2D eigenvalue weighted by molar-refractivity contribution is 0.0951. The number of nitrogens with zero attached hydrogens (tertiary/aromatic N) is 6. The van der Waals surface area contributed by atoms with Gasteiger partial charge in [0.15, 0.2) is 11.5 Å². The van der Waals surface area contributed by atoms with E-state index in [0.717, 1.165) is 16.6 Å². The van der Waals surface area contributed by atoms with Crippen molar-refractivity contribution in [3.8, 4) is 11.5 Å². The number of amides is 1. The predicted molar refractivity (Wildman–Crippen MR) is 120 cm³/mol. The standard InChI is InChI=1S/C24H21N7O/c32-24(27-11-8-18-5-3-9-25-13-18)22-21-7-1-2-12-31(21)23(29-22)20-16-30(17-28-20)15-19-6-4-10-26-14-19/h1-7,9-10,12-14,16-17H,8,11,15H2,(H,27,32). The van der Waals surface area contributed by atoms with Crippen molar-refractivity contribution < 1.29 is 4.79 Å². The van der Waals surface area contributed by atoms with Crippen LogP contribution in [0.4, 0.5) is 0 Å². The van der Waals surface area contributed by atoms with Crippen molar-refractivity contribution >= 4 is 11.4 Å². The van der Waals surface area contributed by atoms with E-state index in [1.165, 1.54) is 0 Å². The average Bonchev–Trinajstić information content (AvgIpc) is 3.45. The predicted octanol–water partition coefficient (Wildman–Crippen LogP) is 3.01. The van der Waals surface area contributed by atoms with E-state index in [-0.39, 0.29) is 5.91 Å². The van der Waals surface area contributed by atoms with Crippen LogP contribution in [0, 0.1) is 0 Å². The van der Waals surface area contributed by atoms with Gasteiger partial charge in [-0.25, -0.2) is 9.97 Å². The van der Waals surface area contributed by atoms with Crippen molar-refractivity contribution in [3.63, 3.8) is 0 Å². The minimum Gasteiger partial charge on any atom is -0.350 e. The molecule has 0 aliphatic heterocycles. The fourth-order valence-electron chi connectivity index (χ4n) is 3.60. The van der Waals surface area contributed by atoms with Gasteiger partial charge in [0.25, 0.3) is 5.91 Å². The summed E-state index contributed by atoms with van der Waals surface area (Å²) in [6, 6.07) is 13.5. The second-order valence-electron chi connectivity index (χ2n) is 7.40. The molecule has 0 spiro atoms. The number of aromatic nitrogens is 6. The third-order valence-corrected chi connectivity index (χ3v) is 5.14. The molecule has 0 radical (unpaired) electrons. The van der Waals surface area contributed by atoms with Crippen LogP contribution < -0.4 is 5.32 Å². The molecule has 0 fully saturated rings. The Bertz CT molecular complexity index is 1340. The van der Waals surface area contributed by atoms with Crippen molar-refractivity contribution in [3.05, 3.63) is 103 Å². The summed E-state index contributed by atoms with van der Waals surface area (Å²) in [6.45, 7) is 1.16. The lowest BCUT2D eigenvalue weighted by atomic mass is 10.2. The first kappa shape index (κ1) is 19.6.